The van der Waals surface area contributed by atoms with E-state index in [0.717, 1.165) is 11.3 Å². The average Bonchev–Trinajstić information content (AvgIpc) is 3.20. The number of fused-ring (bicyclic) bond motifs is 1. The smallest absolute Gasteiger partial charge is 0.358 e. The number of aromatic nitrogens is 3. The number of ether oxygens (including phenoxy) is 1. The summed E-state index contributed by atoms with van der Waals surface area (Å²) in [6.45, 7) is 2.36. The summed E-state index contributed by atoms with van der Waals surface area (Å²) in [6, 6.07) is 16.7. The predicted molar refractivity (Wildman–Crippen MR) is 111 cm³/mol. The van der Waals surface area contributed by atoms with E-state index in [1.165, 1.54) is 21.8 Å². The van der Waals surface area contributed by atoms with Crippen LogP contribution in [0.2, 0.25) is 0 Å². The van der Waals surface area contributed by atoms with Crippen LogP contribution in [0.25, 0.3) is 5.65 Å². The lowest BCUT2D eigenvalue weighted by atomic mass is 10.2. The summed E-state index contributed by atoms with van der Waals surface area (Å²) in [5, 5.41) is 5.46. The van der Waals surface area contributed by atoms with Crippen molar-refractivity contribution in [3.8, 4) is 0 Å². The summed E-state index contributed by atoms with van der Waals surface area (Å²) in [4.78, 5) is 33.2. The van der Waals surface area contributed by atoms with E-state index in [-0.39, 0.29) is 17.9 Å². The molecule has 0 amide bonds. The Bertz CT molecular complexity index is 1220. The lowest BCUT2D eigenvalue weighted by Crippen LogP contribution is -2.18. The first kappa shape index (κ1) is 18.8. The van der Waals surface area contributed by atoms with Crippen molar-refractivity contribution in [3.05, 3.63) is 93.0 Å². The number of anilines is 1. The summed E-state index contributed by atoms with van der Waals surface area (Å²) >= 11 is 1.33. The highest BCUT2D eigenvalue weighted by molar-refractivity contribution is 7.13. The van der Waals surface area contributed by atoms with Gasteiger partial charge in [0.15, 0.2) is 10.8 Å². The minimum absolute atomic E-state index is 0.0944. The zero-order valence-electron chi connectivity index (χ0n) is 15.7. The summed E-state index contributed by atoms with van der Waals surface area (Å²) in [7, 11) is 0. The number of hydrogen-bond donors (Lipinski definition) is 1. The van der Waals surface area contributed by atoms with Gasteiger partial charge in [-0.15, -0.1) is 11.3 Å². The highest BCUT2D eigenvalue weighted by atomic mass is 32.1. The molecule has 0 aliphatic carbocycles. The van der Waals surface area contributed by atoms with Crippen molar-refractivity contribution in [1.29, 1.82) is 0 Å². The molecule has 4 rings (SSSR count). The maximum Gasteiger partial charge on any atom is 0.358 e. The molecule has 7 nitrogen and oxygen atoms in total. The summed E-state index contributed by atoms with van der Waals surface area (Å²) in [6.07, 6.45) is 0. The Kier molecular flexibility index (Phi) is 5.35. The molecule has 0 aliphatic rings. The Morgan fingerprint density at radius 2 is 1.97 bits per heavy atom. The van der Waals surface area contributed by atoms with E-state index in [1.807, 2.05) is 49.4 Å². The van der Waals surface area contributed by atoms with E-state index >= 15 is 0 Å². The van der Waals surface area contributed by atoms with Crippen LogP contribution in [0, 0.1) is 6.92 Å². The predicted octanol–water partition coefficient (Wildman–Crippen LogP) is 3.43. The highest BCUT2D eigenvalue weighted by Gasteiger charge is 2.13. The number of benzene rings is 1. The van der Waals surface area contributed by atoms with Crippen molar-refractivity contribution in [2.75, 3.05) is 5.32 Å². The van der Waals surface area contributed by atoms with E-state index in [9.17, 15) is 9.59 Å². The molecule has 0 fully saturated rings. The van der Waals surface area contributed by atoms with Gasteiger partial charge in [-0.05, 0) is 24.6 Å². The Morgan fingerprint density at radius 3 is 2.79 bits per heavy atom. The van der Waals surface area contributed by atoms with Crippen molar-refractivity contribution in [2.45, 2.75) is 20.1 Å². The third kappa shape index (κ3) is 4.33. The van der Waals surface area contributed by atoms with Crippen molar-refractivity contribution in [3.63, 3.8) is 0 Å². The maximum atomic E-state index is 12.3. The van der Waals surface area contributed by atoms with Gasteiger partial charge in [0, 0.05) is 23.7 Å². The molecule has 0 aliphatic heterocycles. The molecule has 0 bridgehead atoms. The number of thiazole rings is 1. The van der Waals surface area contributed by atoms with Gasteiger partial charge in [-0.3, -0.25) is 9.20 Å². The number of nitrogens with one attached hydrogen (secondary N) is 1. The zero-order chi connectivity index (χ0) is 20.2. The molecule has 0 atom stereocenters. The molecule has 0 unspecified atom stereocenters. The van der Waals surface area contributed by atoms with Crippen molar-refractivity contribution < 1.29 is 9.53 Å². The molecule has 146 valence electrons. The molecule has 0 spiro atoms. The first-order valence-corrected chi connectivity index (χ1v) is 9.87. The second-order valence-corrected chi connectivity index (χ2v) is 7.26. The third-order valence-electron chi connectivity index (χ3n) is 4.28. The molecular formula is C21H18N4O3S. The van der Waals surface area contributed by atoms with Crippen LogP contribution in [0.5, 0.6) is 0 Å². The first-order valence-electron chi connectivity index (χ1n) is 8.99. The fraction of sp³-hybridized carbons (Fsp3) is 0.143. The lowest BCUT2D eigenvalue weighted by molar-refractivity contribution is 0.0462. The second kappa shape index (κ2) is 8.24. The van der Waals surface area contributed by atoms with Crippen LogP contribution < -0.4 is 10.9 Å². The van der Waals surface area contributed by atoms with Gasteiger partial charge in [0.25, 0.3) is 5.56 Å². The Hall–Kier alpha value is -3.52. The van der Waals surface area contributed by atoms with Crippen LogP contribution in [0.3, 0.4) is 0 Å². The lowest BCUT2D eigenvalue weighted by Gasteiger charge is -2.07. The number of carbonyl (C=O) groups is 1. The van der Waals surface area contributed by atoms with E-state index in [2.05, 4.69) is 15.3 Å². The summed E-state index contributed by atoms with van der Waals surface area (Å²) < 4.78 is 6.80. The fourth-order valence-electron chi connectivity index (χ4n) is 2.87. The Morgan fingerprint density at radius 1 is 1.14 bits per heavy atom. The third-order valence-corrected chi connectivity index (χ3v) is 5.08. The standard InChI is InChI=1S/C21H18N4O3S/c1-14-6-5-9-18-23-16(10-19(26)25(14)18)12-28-20(27)17-13-29-21(24-17)22-11-15-7-3-2-4-8-15/h2-10,13H,11-12H2,1H3,(H,22,24). The second-order valence-electron chi connectivity index (χ2n) is 6.40. The topological polar surface area (TPSA) is 85.6 Å². The zero-order valence-corrected chi connectivity index (χ0v) is 16.5. The van der Waals surface area contributed by atoms with Gasteiger partial charge in [-0.2, -0.15) is 0 Å². The first-order chi connectivity index (χ1) is 14.1. The highest BCUT2D eigenvalue weighted by Crippen LogP contribution is 2.17. The van der Waals surface area contributed by atoms with Gasteiger partial charge in [0.1, 0.15) is 12.3 Å². The number of rotatable bonds is 6. The van der Waals surface area contributed by atoms with Crippen molar-refractivity contribution >= 4 is 28.1 Å². The Balaban J connectivity index is 1.39. The van der Waals surface area contributed by atoms with Crippen LogP contribution in [0.15, 0.2) is 64.8 Å². The van der Waals surface area contributed by atoms with Crippen molar-refractivity contribution in [2.24, 2.45) is 0 Å². The monoisotopic (exact) mass is 406 g/mol. The molecule has 1 N–H and O–H groups in total. The summed E-state index contributed by atoms with van der Waals surface area (Å²) in [5.74, 6) is -0.555. The van der Waals surface area contributed by atoms with Crippen LogP contribution in [-0.2, 0) is 17.9 Å². The summed E-state index contributed by atoms with van der Waals surface area (Å²) in [5.41, 5.74) is 2.84. The normalized spacial score (nSPS) is 10.8. The van der Waals surface area contributed by atoms with Crippen LogP contribution in [0.1, 0.15) is 27.4 Å². The van der Waals surface area contributed by atoms with Crippen LogP contribution >= 0.6 is 11.3 Å². The van der Waals surface area contributed by atoms with E-state index < -0.39 is 5.97 Å². The quantitative estimate of drug-likeness (QED) is 0.494. The molecule has 8 heteroatoms. The van der Waals surface area contributed by atoms with Gasteiger partial charge in [-0.1, -0.05) is 36.4 Å². The van der Waals surface area contributed by atoms with Gasteiger partial charge >= 0.3 is 5.97 Å². The van der Waals surface area contributed by atoms with Gasteiger partial charge < -0.3 is 10.1 Å². The van der Waals surface area contributed by atoms with Crippen LogP contribution in [-0.4, -0.2) is 20.3 Å². The number of hydrogen-bond acceptors (Lipinski definition) is 7. The molecule has 3 heterocycles. The molecule has 3 aromatic heterocycles. The molecule has 1 aromatic carbocycles. The van der Waals surface area contributed by atoms with E-state index in [4.69, 9.17) is 4.74 Å². The SMILES string of the molecule is Cc1cccc2nc(COC(=O)c3csc(NCc4ccccc4)n3)cc(=O)n12. The number of carbonyl (C=O) groups excluding carboxylic acids is 1. The number of esters is 1. The molecular weight excluding hydrogens is 388 g/mol. The largest absolute Gasteiger partial charge is 0.454 e. The minimum Gasteiger partial charge on any atom is -0.454 e. The van der Waals surface area contributed by atoms with Crippen molar-refractivity contribution in [1.82, 2.24) is 14.4 Å². The minimum atomic E-state index is -0.555. The van der Waals surface area contributed by atoms with E-state index in [0.29, 0.717) is 23.0 Å². The molecule has 0 radical (unpaired) electrons. The Labute approximate surface area is 170 Å². The molecule has 0 saturated carbocycles. The number of aryl methyl sites for hydroxylation is 1. The van der Waals surface area contributed by atoms with Gasteiger partial charge in [-0.25, -0.2) is 14.8 Å². The molecule has 4 aromatic rings. The van der Waals surface area contributed by atoms with E-state index in [1.54, 1.807) is 11.4 Å². The molecule has 29 heavy (non-hydrogen) atoms. The maximum absolute atomic E-state index is 12.3. The number of pyridine rings is 1. The average molecular weight is 406 g/mol. The molecule has 0 saturated heterocycles. The number of nitrogens with zero attached hydrogens (tertiary/aromatic N) is 3. The van der Waals surface area contributed by atoms with Gasteiger partial charge in [0.2, 0.25) is 0 Å². The fourth-order valence-corrected chi connectivity index (χ4v) is 3.55. The van der Waals surface area contributed by atoms with Gasteiger partial charge in [0.05, 0.1) is 5.69 Å². The van der Waals surface area contributed by atoms with Crippen LogP contribution in [0.4, 0.5) is 5.13 Å².